The minimum absolute atomic E-state index is 0.365. The van der Waals surface area contributed by atoms with Crippen molar-refractivity contribution in [2.75, 3.05) is 6.61 Å². The van der Waals surface area contributed by atoms with Gasteiger partial charge >= 0.3 is 0 Å². The van der Waals surface area contributed by atoms with Crippen LogP contribution in [0.25, 0.3) is 5.65 Å². The van der Waals surface area contributed by atoms with Gasteiger partial charge in [-0.25, -0.2) is 4.98 Å². The maximum atomic E-state index is 5.62. The molecule has 2 aromatic rings. The Morgan fingerprint density at radius 2 is 2.44 bits per heavy atom. The lowest BCUT2D eigenvalue weighted by atomic mass is 10.1. The number of ether oxygens (including phenoxy) is 1. The highest BCUT2D eigenvalue weighted by Crippen LogP contribution is 2.19. The SMILES string of the molecule is Brc1cccc2nc(CC3CCCO3)cn12. The molecule has 3 heterocycles. The van der Waals surface area contributed by atoms with Crippen LogP contribution in [0.2, 0.25) is 0 Å². The second-order valence-corrected chi connectivity index (χ2v) is 4.96. The van der Waals surface area contributed by atoms with Crippen LogP contribution >= 0.6 is 15.9 Å². The van der Waals surface area contributed by atoms with Crippen molar-refractivity contribution >= 4 is 21.6 Å². The summed E-state index contributed by atoms with van der Waals surface area (Å²) in [6, 6.07) is 6.04. The normalized spacial score (nSPS) is 20.7. The minimum Gasteiger partial charge on any atom is -0.378 e. The lowest BCUT2D eigenvalue weighted by Crippen LogP contribution is -2.08. The molecule has 4 heteroatoms. The van der Waals surface area contributed by atoms with E-state index >= 15 is 0 Å². The summed E-state index contributed by atoms with van der Waals surface area (Å²) < 4.78 is 8.72. The molecule has 0 spiro atoms. The largest absolute Gasteiger partial charge is 0.378 e. The number of halogens is 1. The molecule has 16 heavy (non-hydrogen) atoms. The first-order valence-corrected chi connectivity index (χ1v) is 6.36. The van der Waals surface area contributed by atoms with Crippen molar-refractivity contribution in [3.63, 3.8) is 0 Å². The number of imidazole rings is 1. The number of hydrogen-bond acceptors (Lipinski definition) is 2. The number of rotatable bonds is 2. The molecule has 3 nitrogen and oxygen atoms in total. The van der Waals surface area contributed by atoms with Gasteiger partial charge in [-0.2, -0.15) is 0 Å². The standard InChI is InChI=1S/C12H13BrN2O/c13-11-4-1-5-12-14-9(8-15(11)12)7-10-3-2-6-16-10/h1,4-5,8,10H,2-3,6-7H2. The average Bonchev–Trinajstić information content (AvgIpc) is 2.88. The van der Waals surface area contributed by atoms with E-state index in [0.717, 1.165) is 35.4 Å². The van der Waals surface area contributed by atoms with Crippen molar-refractivity contribution < 1.29 is 4.74 Å². The quantitative estimate of drug-likeness (QED) is 0.791. The highest BCUT2D eigenvalue weighted by atomic mass is 79.9. The van der Waals surface area contributed by atoms with Crippen LogP contribution in [0.15, 0.2) is 29.0 Å². The first kappa shape index (κ1) is 10.3. The molecule has 0 bridgehead atoms. The predicted octanol–water partition coefficient (Wildman–Crippen LogP) is 2.82. The van der Waals surface area contributed by atoms with Crippen LogP contribution in [0.3, 0.4) is 0 Å². The summed E-state index contributed by atoms with van der Waals surface area (Å²) in [5, 5.41) is 0. The fourth-order valence-electron chi connectivity index (χ4n) is 2.16. The van der Waals surface area contributed by atoms with Crippen LogP contribution in [0.1, 0.15) is 18.5 Å². The monoisotopic (exact) mass is 280 g/mol. The smallest absolute Gasteiger partial charge is 0.137 e. The molecular formula is C12H13BrN2O. The number of pyridine rings is 1. The van der Waals surface area contributed by atoms with Crippen molar-refractivity contribution in [3.8, 4) is 0 Å². The van der Waals surface area contributed by atoms with Crippen LogP contribution in [0, 0.1) is 0 Å². The van der Waals surface area contributed by atoms with Gasteiger partial charge in [-0.3, -0.25) is 4.40 Å². The fourth-order valence-corrected chi connectivity index (χ4v) is 2.60. The molecule has 1 saturated heterocycles. The summed E-state index contributed by atoms with van der Waals surface area (Å²) in [5.74, 6) is 0. The molecule has 1 fully saturated rings. The van der Waals surface area contributed by atoms with Gasteiger partial charge in [-0.05, 0) is 40.9 Å². The number of hydrogen-bond donors (Lipinski definition) is 0. The third kappa shape index (κ3) is 1.87. The Morgan fingerprint density at radius 1 is 1.50 bits per heavy atom. The summed E-state index contributed by atoms with van der Waals surface area (Å²) in [6.45, 7) is 0.904. The van der Waals surface area contributed by atoms with Gasteiger partial charge in [0.15, 0.2) is 0 Å². The van der Waals surface area contributed by atoms with E-state index in [-0.39, 0.29) is 0 Å². The molecule has 0 aliphatic carbocycles. The van der Waals surface area contributed by atoms with E-state index in [1.807, 2.05) is 18.2 Å². The summed E-state index contributed by atoms with van der Waals surface area (Å²) in [5.41, 5.74) is 2.10. The van der Waals surface area contributed by atoms with Gasteiger partial charge < -0.3 is 4.74 Å². The molecule has 0 amide bonds. The van der Waals surface area contributed by atoms with Gasteiger partial charge in [0.05, 0.1) is 16.4 Å². The molecule has 0 radical (unpaired) electrons. The lowest BCUT2D eigenvalue weighted by molar-refractivity contribution is 0.111. The third-order valence-electron chi connectivity index (χ3n) is 2.95. The molecule has 0 N–H and O–H groups in total. The van der Waals surface area contributed by atoms with Crippen molar-refractivity contribution in [3.05, 3.63) is 34.7 Å². The third-order valence-corrected chi connectivity index (χ3v) is 3.60. The van der Waals surface area contributed by atoms with E-state index in [1.165, 1.54) is 6.42 Å². The second kappa shape index (κ2) is 4.18. The van der Waals surface area contributed by atoms with Gasteiger partial charge in [0.1, 0.15) is 5.65 Å². The van der Waals surface area contributed by atoms with Gasteiger partial charge in [0.25, 0.3) is 0 Å². The Labute approximate surface area is 103 Å². The Kier molecular flexibility index (Phi) is 2.69. The van der Waals surface area contributed by atoms with Gasteiger partial charge in [-0.15, -0.1) is 0 Å². The molecule has 3 rings (SSSR count). The van der Waals surface area contributed by atoms with Gasteiger partial charge in [0.2, 0.25) is 0 Å². The van der Waals surface area contributed by atoms with E-state index in [2.05, 4.69) is 31.5 Å². The maximum absolute atomic E-state index is 5.62. The van der Waals surface area contributed by atoms with E-state index in [0.29, 0.717) is 6.10 Å². The van der Waals surface area contributed by atoms with Crippen molar-refractivity contribution in [2.24, 2.45) is 0 Å². The summed E-state index contributed by atoms with van der Waals surface area (Å²) in [6.07, 6.45) is 5.72. The van der Waals surface area contributed by atoms with Crippen LogP contribution in [-0.2, 0) is 11.2 Å². The van der Waals surface area contributed by atoms with Crippen molar-refractivity contribution in [1.82, 2.24) is 9.38 Å². The second-order valence-electron chi connectivity index (χ2n) is 4.15. The lowest BCUT2D eigenvalue weighted by Gasteiger charge is -2.05. The molecule has 84 valence electrons. The van der Waals surface area contributed by atoms with Crippen LogP contribution in [0.5, 0.6) is 0 Å². The number of fused-ring (bicyclic) bond motifs is 1. The average molecular weight is 281 g/mol. The molecule has 1 aliphatic rings. The summed E-state index contributed by atoms with van der Waals surface area (Å²) >= 11 is 3.51. The van der Waals surface area contributed by atoms with Crippen molar-refractivity contribution in [2.45, 2.75) is 25.4 Å². The zero-order valence-corrected chi connectivity index (χ0v) is 10.5. The molecule has 1 atom stereocenters. The Hall–Kier alpha value is -0.870. The van der Waals surface area contributed by atoms with Gasteiger partial charge in [-0.1, -0.05) is 6.07 Å². The Morgan fingerprint density at radius 3 is 3.19 bits per heavy atom. The zero-order chi connectivity index (χ0) is 11.0. The summed E-state index contributed by atoms with van der Waals surface area (Å²) in [7, 11) is 0. The highest BCUT2D eigenvalue weighted by Gasteiger charge is 2.17. The molecular weight excluding hydrogens is 268 g/mol. The molecule has 1 unspecified atom stereocenters. The molecule has 0 aromatic carbocycles. The zero-order valence-electron chi connectivity index (χ0n) is 8.90. The van der Waals surface area contributed by atoms with E-state index in [9.17, 15) is 0 Å². The Balaban J connectivity index is 1.90. The van der Waals surface area contributed by atoms with Crippen LogP contribution in [0.4, 0.5) is 0 Å². The molecule has 0 saturated carbocycles. The molecule has 2 aromatic heterocycles. The minimum atomic E-state index is 0.365. The first-order valence-electron chi connectivity index (χ1n) is 5.57. The first-order chi connectivity index (χ1) is 7.83. The maximum Gasteiger partial charge on any atom is 0.137 e. The Bertz CT molecular complexity index is 503. The van der Waals surface area contributed by atoms with E-state index < -0.39 is 0 Å². The van der Waals surface area contributed by atoms with Gasteiger partial charge in [0, 0.05) is 19.2 Å². The van der Waals surface area contributed by atoms with E-state index in [4.69, 9.17) is 4.74 Å². The summed E-state index contributed by atoms with van der Waals surface area (Å²) in [4.78, 5) is 4.59. The molecule has 1 aliphatic heterocycles. The number of aromatic nitrogens is 2. The fraction of sp³-hybridized carbons (Fsp3) is 0.417. The topological polar surface area (TPSA) is 26.5 Å². The van der Waals surface area contributed by atoms with Crippen molar-refractivity contribution in [1.29, 1.82) is 0 Å². The predicted molar refractivity (Wildman–Crippen MR) is 65.6 cm³/mol. The van der Waals surface area contributed by atoms with Crippen LogP contribution in [-0.4, -0.2) is 22.1 Å². The highest BCUT2D eigenvalue weighted by molar-refractivity contribution is 9.10. The number of nitrogens with zero attached hydrogens (tertiary/aromatic N) is 2. The van der Waals surface area contributed by atoms with E-state index in [1.54, 1.807) is 0 Å². The van der Waals surface area contributed by atoms with Crippen LogP contribution < -0.4 is 0 Å².